The van der Waals surface area contributed by atoms with E-state index in [4.69, 9.17) is 16.3 Å². The number of thiazole rings is 1. The van der Waals surface area contributed by atoms with Gasteiger partial charge < -0.3 is 15.4 Å². The molecular weight excluding hydrogens is 415 g/mol. The van der Waals surface area contributed by atoms with Gasteiger partial charge in [0.25, 0.3) is 0 Å². The number of ether oxygens (including phenoxy) is 1. The van der Waals surface area contributed by atoms with Crippen LogP contribution in [0.4, 0.5) is 13.2 Å². The summed E-state index contributed by atoms with van der Waals surface area (Å²) in [4.78, 5) is 13.7. The molecule has 0 spiro atoms. The highest BCUT2D eigenvalue weighted by atomic mass is 35.5. The summed E-state index contributed by atoms with van der Waals surface area (Å²) in [7, 11) is 0. The number of alkyl halides is 3. The smallest absolute Gasteiger partial charge is 0.417 e. The Morgan fingerprint density at radius 3 is 2.64 bits per heavy atom. The summed E-state index contributed by atoms with van der Waals surface area (Å²) in [6.45, 7) is 7.55. The summed E-state index contributed by atoms with van der Waals surface area (Å²) in [6, 6.07) is 0.793. The average molecular weight is 436 g/mol. The molecule has 0 saturated carbocycles. The number of rotatable bonds is 7. The number of nitrogens with one attached hydrogen (secondary N) is 2. The minimum Gasteiger partial charge on any atom is -0.475 e. The second-order valence-electron chi connectivity index (χ2n) is 5.73. The number of guanidine groups is 1. The molecule has 0 aliphatic rings. The molecule has 0 saturated heterocycles. The van der Waals surface area contributed by atoms with E-state index in [0.717, 1.165) is 21.6 Å². The molecule has 28 heavy (non-hydrogen) atoms. The van der Waals surface area contributed by atoms with Gasteiger partial charge >= 0.3 is 6.18 Å². The number of hydrogen-bond acceptors (Lipinski definition) is 5. The van der Waals surface area contributed by atoms with Crippen LogP contribution >= 0.6 is 22.9 Å². The molecule has 0 unspecified atom stereocenters. The second-order valence-corrected chi connectivity index (χ2v) is 7.42. The van der Waals surface area contributed by atoms with Gasteiger partial charge in [-0.25, -0.2) is 15.0 Å². The molecule has 11 heteroatoms. The van der Waals surface area contributed by atoms with Crippen LogP contribution in [-0.2, 0) is 12.7 Å². The SMILES string of the molecule is CCNC(=NCc1nc(C)c(C)s1)NCCOc1ncc(C(F)(F)F)cc1Cl. The Hall–Kier alpha value is -2.07. The van der Waals surface area contributed by atoms with Gasteiger partial charge in [-0.05, 0) is 26.8 Å². The summed E-state index contributed by atoms with van der Waals surface area (Å²) in [5.74, 6) is 0.537. The van der Waals surface area contributed by atoms with E-state index in [2.05, 4.69) is 25.6 Å². The Bertz CT molecular complexity index is 806. The minimum atomic E-state index is -4.50. The van der Waals surface area contributed by atoms with Crippen molar-refractivity contribution in [1.29, 1.82) is 0 Å². The lowest BCUT2D eigenvalue weighted by Gasteiger charge is -2.13. The molecule has 0 aliphatic heterocycles. The van der Waals surface area contributed by atoms with Gasteiger partial charge in [-0.2, -0.15) is 13.2 Å². The predicted octanol–water partition coefficient (Wildman–Crippen LogP) is 3.96. The molecule has 0 atom stereocenters. The first-order valence-electron chi connectivity index (χ1n) is 8.51. The number of pyridine rings is 1. The monoisotopic (exact) mass is 435 g/mol. The third kappa shape index (κ3) is 6.52. The van der Waals surface area contributed by atoms with Gasteiger partial charge in [-0.3, -0.25) is 0 Å². The molecule has 2 rings (SSSR count). The first-order chi connectivity index (χ1) is 13.2. The van der Waals surface area contributed by atoms with Crippen LogP contribution in [0.15, 0.2) is 17.3 Å². The van der Waals surface area contributed by atoms with Gasteiger partial charge in [-0.15, -0.1) is 11.3 Å². The molecule has 0 radical (unpaired) electrons. The van der Waals surface area contributed by atoms with Crippen LogP contribution in [0.1, 0.15) is 28.1 Å². The molecule has 0 amide bonds. The number of aryl methyl sites for hydroxylation is 2. The highest BCUT2D eigenvalue weighted by Crippen LogP contribution is 2.32. The van der Waals surface area contributed by atoms with E-state index in [0.29, 0.717) is 31.8 Å². The molecular formula is C17H21ClF3N5OS. The summed E-state index contributed by atoms with van der Waals surface area (Å²) < 4.78 is 43.2. The Morgan fingerprint density at radius 1 is 1.32 bits per heavy atom. The Balaban J connectivity index is 1.86. The molecule has 0 aromatic carbocycles. The van der Waals surface area contributed by atoms with Gasteiger partial charge in [0.1, 0.15) is 16.6 Å². The van der Waals surface area contributed by atoms with Crippen LogP contribution in [0.5, 0.6) is 5.88 Å². The van der Waals surface area contributed by atoms with Crippen LogP contribution < -0.4 is 15.4 Å². The van der Waals surface area contributed by atoms with E-state index in [1.807, 2.05) is 20.8 Å². The van der Waals surface area contributed by atoms with Crippen molar-refractivity contribution in [2.24, 2.45) is 4.99 Å². The number of nitrogens with zero attached hydrogens (tertiary/aromatic N) is 3. The number of aromatic nitrogens is 2. The van der Waals surface area contributed by atoms with Crippen LogP contribution in [-0.4, -0.2) is 35.6 Å². The van der Waals surface area contributed by atoms with E-state index in [1.54, 1.807) is 11.3 Å². The zero-order valence-corrected chi connectivity index (χ0v) is 17.2. The van der Waals surface area contributed by atoms with Crippen molar-refractivity contribution < 1.29 is 17.9 Å². The molecule has 2 aromatic rings. The molecule has 154 valence electrons. The van der Waals surface area contributed by atoms with E-state index < -0.39 is 11.7 Å². The van der Waals surface area contributed by atoms with Crippen LogP contribution in [0.3, 0.4) is 0 Å². The van der Waals surface area contributed by atoms with E-state index >= 15 is 0 Å². The molecule has 0 fully saturated rings. The van der Waals surface area contributed by atoms with Crippen molar-refractivity contribution in [3.8, 4) is 5.88 Å². The van der Waals surface area contributed by atoms with Crippen molar-refractivity contribution in [2.75, 3.05) is 19.7 Å². The number of halogens is 4. The lowest BCUT2D eigenvalue weighted by Crippen LogP contribution is -2.39. The second kappa shape index (κ2) is 9.92. The van der Waals surface area contributed by atoms with Crippen molar-refractivity contribution in [3.63, 3.8) is 0 Å². The van der Waals surface area contributed by atoms with Crippen molar-refractivity contribution in [3.05, 3.63) is 38.4 Å². The zero-order chi connectivity index (χ0) is 20.7. The van der Waals surface area contributed by atoms with E-state index in [1.165, 1.54) is 0 Å². The standard InChI is InChI=1S/C17H21ClF3N5OS/c1-4-22-16(25-9-14-26-10(2)11(3)28-14)23-5-6-27-15-13(18)7-12(8-24-15)17(19,20)21/h7-8H,4-6,9H2,1-3H3,(H2,22,23,25). The first kappa shape index (κ1) is 22.2. The number of hydrogen-bond donors (Lipinski definition) is 2. The Labute approximate surface area is 170 Å². The van der Waals surface area contributed by atoms with Gasteiger partial charge in [-0.1, -0.05) is 11.6 Å². The highest BCUT2D eigenvalue weighted by molar-refractivity contribution is 7.11. The van der Waals surface area contributed by atoms with Crippen LogP contribution in [0.25, 0.3) is 0 Å². The van der Waals surface area contributed by atoms with Gasteiger partial charge in [0, 0.05) is 17.6 Å². The van der Waals surface area contributed by atoms with E-state index in [-0.39, 0.29) is 17.5 Å². The normalized spacial score (nSPS) is 12.2. The molecule has 6 nitrogen and oxygen atoms in total. The Morgan fingerprint density at radius 2 is 2.07 bits per heavy atom. The summed E-state index contributed by atoms with van der Waals surface area (Å²) in [5, 5.41) is 6.91. The predicted molar refractivity (Wildman–Crippen MR) is 104 cm³/mol. The topological polar surface area (TPSA) is 71.4 Å². The van der Waals surface area contributed by atoms with Crippen molar-refractivity contribution in [2.45, 2.75) is 33.5 Å². The van der Waals surface area contributed by atoms with Crippen LogP contribution in [0, 0.1) is 13.8 Å². The fraction of sp³-hybridized carbons (Fsp3) is 0.471. The number of aliphatic imine (C=N–C) groups is 1. The Kier molecular flexibility index (Phi) is 7.88. The third-order valence-corrected chi connectivity index (χ3v) is 4.89. The minimum absolute atomic E-state index is 0.0489. The largest absolute Gasteiger partial charge is 0.475 e. The average Bonchev–Trinajstić information content (AvgIpc) is 2.94. The van der Waals surface area contributed by atoms with Crippen molar-refractivity contribution >= 4 is 28.9 Å². The fourth-order valence-electron chi connectivity index (χ4n) is 2.10. The molecule has 0 bridgehead atoms. The van der Waals surface area contributed by atoms with Gasteiger partial charge in [0.05, 0.1) is 24.3 Å². The molecule has 2 heterocycles. The lowest BCUT2D eigenvalue weighted by molar-refractivity contribution is -0.137. The summed E-state index contributed by atoms with van der Waals surface area (Å²) in [5.41, 5.74) is 0.0830. The maximum Gasteiger partial charge on any atom is 0.417 e. The van der Waals surface area contributed by atoms with E-state index in [9.17, 15) is 13.2 Å². The van der Waals surface area contributed by atoms with Gasteiger partial charge in [0.2, 0.25) is 5.88 Å². The zero-order valence-electron chi connectivity index (χ0n) is 15.7. The third-order valence-electron chi connectivity index (χ3n) is 3.56. The van der Waals surface area contributed by atoms with Crippen molar-refractivity contribution in [1.82, 2.24) is 20.6 Å². The quantitative estimate of drug-likeness (QED) is 0.391. The molecule has 0 aliphatic carbocycles. The maximum atomic E-state index is 12.6. The lowest BCUT2D eigenvalue weighted by atomic mass is 10.3. The summed E-state index contributed by atoms with van der Waals surface area (Å²) in [6.07, 6.45) is -3.80. The fourth-order valence-corrected chi connectivity index (χ4v) is 3.18. The first-order valence-corrected chi connectivity index (χ1v) is 9.70. The summed E-state index contributed by atoms with van der Waals surface area (Å²) >= 11 is 7.41. The van der Waals surface area contributed by atoms with Crippen LogP contribution in [0.2, 0.25) is 5.02 Å². The maximum absolute atomic E-state index is 12.6. The molecule has 2 aromatic heterocycles. The molecule has 2 N–H and O–H groups in total. The van der Waals surface area contributed by atoms with Gasteiger partial charge in [0.15, 0.2) is 5.96 Å². The highest BCUT2D eigenvalue weighted by Gasteiger charge is 2.31.